The molecule has 3 rings (SSSR count). The lowest BCUT2D eigenvalue weighted by Crippen LogP contribution is -1.88. The first-order chi connectivity index (χ1) is 9.58. The van der Waals surface area contributed by atoms with Crippen molar-refractivity contribution in [3.8, 4) is 17.1 Å². The van der Waals surface area contributed by atoms with Crippen LogP contribution in [-0.4, -0.2) is 10.0 Å². The van der Waals surface area contributed by atoms with E-state index in [2.05, 4.69) is 15.9 Å². The third-order valence-electron chi connectivity index (χ3n) is 2.97. The summed E-state index contributed by atoms with van der Waals surface area (Å²) in [7, 11) is 0. The smallest absolute Gasteiger partial charge is 0.312 e. The molecule has 0 unspecified atom stereocenters. The van der Waals surface area contributed by atoms with Crippen molar-refractivity contribution in [1.82, 2.24) is 0 Å². The highest BCUT2D eigenvalue weighted by Crippen LogP contribution is 2.42. The third kappa shape index (κ3) is 1.94. The number of rotatable bonds is 2. The van der Waals surface area contributed by atoms with Crippen molar-refractivity contribution in [3.63, 3.8) is 0 Å². The molecule has 0 aliphatic heterocycles. The molecule has 5 nitrogen and oxygen atoms in total. The van der Waals surface area contributed by atoms with Gasteiger partial charge in [0.15, 0.2) is 5.58 Å². The highest BCUT2D eigenvalue weighted by Gasteiger charge is 2.22. The molecule has 0 radical (unpaired) electrons. The molecular weight excluding hydrogens is 326 g/mol. The Bertz CT molecular complexity index is 811. The largest absolute Gasteiger partial charge is 0.502 e. The van der Waals surface area contributed by atoms with Gasteiger partial charge in [0.1, 0.15) is 5.76 Å². The number of hydrogen-bond donors (Lipinski definition) is 1. The second kappa shape index (κ2) is 4.64. The van der Waals surface area contributed by atoms with Crippen molar-refractivity contribution < 1.29 is 14.4 Å². The number of phenolic OH excluding ortho intramolecular Hbond substituents is 1. The topological polar surface area (TPSA) is 76.5 Å². The van der Waals surface area contributed by atoms with E-state index in [-0.39, 0.29) is 11.4 Å². The van der Waals surface area contributed by atoms with E-state index in [1.165, 1.54) is 6.07 Å². The molecule has 0 aliphatic carbocycles. The second-order valence-electron chi connectivity index (χ2n) is 4.20. The number of aromatic hydroxyl groups is 1. The Morgan fingerprint density at radius 3 is 2.55 bits per heavy atom. The summed E-state index contributed by atoms with van der Waals surface area (Å²) in [5.41, 5.74) is 0.856. The van der Waals surface area contributed by atoms with Gasteiger partial charge in [-0.2, -0.15) is 0 Å². The highest BCUT2D eigenvalue weighted by atomic mass is 79.9. The number of nitro groups is 1. The molecule has 100 valence electrons. The minimum atomic E-state index is -0.630. The van der Waals surface area contributed by atoms with Gasteiger partial charge in [-0.15, -0.1) is 0 Å². The number of nitro benzene ring substituents is 1. The first kappa shape index (κ1) is 12.7. The predicted molar refractivity (Wildman–Crippen MR) is 77.7 cm³/mol. The molecule has 0 saturated carbocycles. The monoisotopic (exact) mass is 333 g/mol. The summed E-state index contributed by atoms with van der Waals surface area (Å²) in [6.45, 7) is 0. The molecule has 0 spiro atoms. The van der Waals surface area contributed by atoms with Crippen LogP contribution >= 0.6 is 15.9 Å². The summed E-state index contributed by atoms with van der Waals surface area (Å²) < 4.78 is 6.10. The van der Waals surface area contributed by atoms with Crippen LogP contribution in [0.3, 0.4) is 0 Å². The fourth-order valence-corrected chi connectivity index (χ4v) is 2.53. The van der Waals surface area contributed by atoms with E-state index in [0.717, 1.165) is 5.56 Å². The summed E-state index contributed by atoms with van der Waals surface area (Å²) in [5.74, 6) is 0.149. The molecule has 0 bridgehead atoms. The minimum absolute atomic E-state index is 0.310. The molecular formula is C14H8BrNO4. The maximum atomic E-state index is 10.9. The van der Waals surface area contributed by atoms with Crippen LogP contribution in [0.15, 0.2) is 51.4 Å². The zero-order valence-corrected chi connectivity index (χ0v) is 11.6. The molecule has 6 heteroatoms. The van der Waals surface area contributed by atoms with E-state index < -0.39 is 4.92 Å². The molecule has 20 heavy (non-hydrogen) atoms. The third-order valence-corrected chi connectivity index (χ3v) is 3.55. The number of benzene rings is 2. The van der Waals surface area contributed by atoms with E-state index in [1.807, 2.05) is 30.3 Å². The molecule has 1 heterocycles. The first-order valence-corrected chi connectivity index (χ1v) is 6.52. The van der Waals surface area contributed by atoms with Gasteiger partial charge in [-0.3, -0.25) is 10.1 Å². The lowest BCUT2D eigenvalue weighted by molar-refractivity contribution is -0.385. The summed E-state index contributed by atoms with van der Waals surface area (Å²) in [5, 5.41) is 21.2. The van der Waals surface area contributed by atoms with Crippen molar-refractivity contribution in [3.05, 3.63) is 57.1 Å². The highest BCUT2D eigenvalue weighted by molar-refractivity contribution is 9.10. The number of hydrogen-bond acceptors (Lipinski definition) is 4. The zero-order chi connectivity index (χ0) is 14.3. The van der Waals surface area contributed by atoms with Gasteiger partial charge in [-0.05, 0) is 22.0 Å². The molecule has 2 aromatic carbocycles. The van der Waals surface area contributed by atoms with E-state index in [9.17, 15) is 15.2 Å². The van der Waals surface area contributed by atoms with Crippen LogP contribution in [-0.2, 0) is 0 Å². The van der Waals surface area contributed by atoms with Gasteiger partial charge in [0.25, 0.3) is 0 Å². The van der Waals surface area contributed by atoms with Gasteiger partial charge < -0.3 is 9.52 Å². The Balaban J connectivity index is 2.29. The summed E-state index contributed by atoms with van der Waals surface area (Å²) in [6.07, 6.45) is 0. The van der Waals surface area contributed by atoms with Gasteiger partial charge in [-0.1, -0.05) is 30.3 Å². The van der Waals surface area contributed by atoms with Crippen molar-refractivity contribution in [2.75, 3.05) is 0 Å². The van der Waals surface area contributed by atoms with E-state index in [4.69, 9.17) is 4.42 Å². The van der Waals surface area contributed by atoms with Crippen LogP contribution in [0.2, 0.25) is 0 Å². The second-order valence-corrected chi connectivity index (χ2v) is 5.06. The number of nitrogens with zero attached hydrogens (tertiary/aromatic N) is 1. The lowest BCUT2D eigenvalue weighted by atomic mass is 10.1. The molecule has 1 N–H and O–H groups in total. The van der Waals surface area contributed by atoms with Gasteiger partial charge in [0.2, 0.25) is 5.75 Å². The number of furan rings is 1. The molecule has 0 fully saturated rings. The van der Waals surface area contributed by atoms with Crippen molar-refractivity contribution >= 4 is 32.6 Å². The Hall–Kier alpha value is -2.34. The van der Waals surface area contributed by atoms with Crippen molar-refractivity contribution in [2.24, 2.45) is 0 Å². The predicted octanol–water partition coefficient (Wildman–Crippen LogP) is 4.48. The number of halogens is 1. The average molecular weight is 334 g/mol. The standard InChI is InChI=1S/C14H8BrNO4/c15-10-7-11(16(18)19)13(17)9-6-12(20-14(9)10)8-4-2-1-3-5-8/h1-7,17H. The molecule has 3 aromatic rings. The van der Waals surface area contributed by atoms with Crippen LogP contribution in [0, 0.1) is 10.1 Å². The number of phenols is 1. The summed E-state index contributed by atoms with van der Waals surface area (Å²) in [6, 6.07) is 12.1. The Morgan fingerprint density at radius 1 is 1.20 bits per heavy atom. The van der Waals surface area contributed by atoms with E-state index in [1.54, 1.807) is 6.07 Å². The molecule has 0 aliphatic rings. The van der Waals surface area contributed by atoms with E-state index in [0.29, 0.717) is 21.2 Å². The maximum absolute atomic E-state index is 10.9. The van der Waals surface area contributed by atoms with Crippen LogP contribution in [0.25, 0.3) is 22.3 Å². The van der Waals surface area contributed by atoms with Gasteiger partial charge in [-0.25, -0.2) is 0 Å². The average Bonchev–Trinajstić information content (AvgIpc) is 2.89. The quantitative estimate of drug-likeness (QED) is 0.554. The van der Waals surface area contributed by atoms with Crippen LogP contribution in [0.1, 0.15) is 0 Å². The van der Waals surface area contributed by atoms with Gasteiger partial charge in [0, 0.05) is 11.6 Å². The normalized spacial score (nSPS) is 10.8. The Kier molecular flexibility index (Phi) is 2.94. The molecule has 0 amide bonds. The van der Waals surface area contributed by atoms with Crippen molar-refractivity contribution in [2.45, 2.75) is 0 Å². The summed E-state index contributed by atoms with van der Waals surface area (Å²) >= 11 is 3.23. The van der Waals surface area contributed by atoms with Gasteiger partial charge in [0.05, 0.1) is 14.8 Å². The molecule has 0 saturated heterocycles. The Morgan fingerprint density at radius 2 is 1.90 bits per heavy atom. The fraction of sp³-hybridized carbons (Fsp3) is 0. The first-order valence-electron chi connectivity index (χ1n) is 5.72. The molecule has 1 aromatic heterocycles. The minimum Gasteiger partial charge on any atom is -0.502 e. The summed E-state index contributed by atoms with van der Waals surface area (Å²) in [4.78, 5) is 10.3. The molecule has 0 atom stereocenters. The van der Waals surface area contributed by atoms with E-state index >= 15 is 0 Å². The Labute approximate surface area is 121 Å². The van der Waals surface area contributed by atoms with Crippen LogP contribution < -0.4 is 0 Å². The van der Waals surface area contributed by atoms with Crippen molar-refractivity contribution in [1.29, 1.82) is 0 Å². The maximum Gasteiger partial charge on any atom is 0.312 e. The van der Waals surface area contributed by atoms with Crippen LogP contribution in [0.4, 0.5) is 5.69 Å². The fourth-order valence-electron chi connectivity index (χ4n) is 2.02. The number of fused-ring (bicyclic) bond motifs is 1. The zero-order valence-electron chi connectivity index (χ0n) is 10.0. The van der Waals surface area contributed by atoms with Crippen LogP contribution in [0.5, 0.6) is 5.75 Å². The van der Waals surface area contributed by atoms with Gasteiger partial charge >= 0.3 is 5.69 Å². The SMILES string of the molecule is O=[N+]([O-])c1cc(Br)c2oc(-c3ccccc3)cc2c1O. The lowest BCUT2D eigenvalue weighted by Gasteiger charge is -1.98.